The van der Waals surface area contributed by atoms with Crippen LogP contribution in [0.15, 0.2) is 22.7 Å². The van der Waals surface area contributed by atoms with Gasteiger partial charge in [-0.15, -0.1) is 12.3 Å². The zero-order chi connectivity index (χ0) is 12.7. The van der Waals surface area contributed by atoms with Crippen LogP contribution in [0.5, 0.6) is 0 Å². The van der Waals surface area contributed by atoms with E-state index in [2.05, 4.69) is 27.2 Å². The van der Waals surface area contributed by atoms with Crippen molar-refractivity contribution >= 4 is 27.5 Å². The molecule has 1 rings (SSSR count). The van der Waals surface area contributed by atoms with Gasteiger partial charge in [-0.1, -0.05) is 6.07 Å². The van der Waals surface area contributed by atoms with Gasteiger partial charge in [-0.25, -0.2) is 0 Å². The first-order chi connectivity index (χ1) is 8.16. The van der Waals surface area contributed by atoms with E-state index in [1.54, 1.807) is 18.2 Å². The molecule has 17 heavy (non-hydrogen) atoms. The molecule has 0 spiro atoms. The molecule has 1 aromatic rings. The van der Waals surface area contributed by atoms with E-state index < -0.39 is 0 Å². The van der Waals surface area contributed by atoms with Crippen molar-refractivity contribution in [3.63, 3.8) is 0 Å². The third kappa shape index (κ3) is 4.12. The molecule has 0 unspecified atom stereocenters. The zero-order valence-corrected chi connectivity index (χ0v) is 11.1. The van der Waals surface area contributed by atoms with Crippen molar-refractivity contribution in [3.8, 4) is 12.3 Å². The van der Waals surface area contributed by atoms with Crippen LogP contribution in [0.4, 0.5) is 5.69 Å². The smallest absolute Gasteiger partial charge is 0.252 e. The third-order valence-corrected chi connectivity index (χ3v) is 3.19. The SMILES string of the molecule is C#CCCCCNC(=O)c1cccc(N)c1Br. The second kappa shape index (κ2) is 6.97. The van der Waals surface area contributed by atoms with Gasteiger partial charge < -0.3 is 11.1 Å². The van der Waals surface area contributed by atoms with E-state index in [9.17, 15) is 4.79 Å². The Kier molecular flexibility index (Phi) is 5.58. The van der Waals surface area contributed by atoms with E-state index in [1.165, 1.54) is 0 Å². The molecule has 90 valence electrons. The molecular weight excluding hydrogens is 280 g/mol. The Morgan fingerprint density at radius 2 is 2.24 bits per heavy atom. The summed E-state index contributed by atoms with van der Waals surface area (Å²) in [6.07, 6.45) is 7.70. The molecule has 0 aliphatic heterocycles. The fraction of sp³-hybridized carbons (Fsp3) is 0.308. The molecule has 0 saturated carbocycles. The number of rotatable bonds is 5. The molecule has 0 aliphatic carbocycles. The van der Waals surface area contributed by atoms with Gasteiger partial charge in [0.1, 0.15) is 0 Å². The number of unbranched alkanes of at least 4 members (excludes halogenated alkanes) is 2. The predicted molar refractivity (Wildman–Crippen MR) is 73.6 cm³/mol. The predicted octanol–water partition coefficient (Wildman–Crippen LogP) is 2.56. The van der Waals surface area contributed by atoms with Crippen LogP contribution in [-0.2, 0) is 0 Å². The Labute approximate surface area is 110 Å². The minimum atomic E-state index is -0.120. The number of carbonyl (C=O) groups is 1. The first-order valence-corrected chi connectivity index (χ1v) is 6.21. The quantitative estimate of drug-likeness (QED) is 0.498. The molecule has 0 saturated heterocycles. The summed E-state index contributed by atoms with van der Waals surface area (Å²) < 4.78 is 0.640. The zero-order valence-electron chi connectivity index (χ0n) is 9.50. The Balaban J connectivity index is 2.48. The maximum atomic E-state index is 11.8. The van der Waals surface area contributed by atoms with Crippen molar-refractivity contribution in [1.82, 2.24) is 5.32 Å². The maximum absolute atomic E-state index is 11.8. The number of nitrogens with one attached hydrogen (secondary N) is 1. The van der Waals surface area contributed by atoms with Crippen molar-refractivity contribution in [2.24, 2.45) is 0 Å². The van der Waals surface area contributed by atoms with Crippen LogP contribution in [0.2, 0.25) is 0 Å². The molecule has 0 aromatic heterocycles. The molecule has 4 heteroatoms. The summed E-state index contributed by atoms with van der Waals surface area (Å²) in [4.78, 5) is 11.8. The van der Waals surface area contributed by atoms with Gasteiger partial charge in [0, 0.05) is 18.7 Å². The van der Waals surface area contributed by atoms with Crippen LogP contribution in [-0.4, -0.2) is 12.5 Å². The van der Waals surface area contributed by atoms with Gasteiger partial charge in [-0.05, 0) is 40.9 Å². The van der Waals surface area contributed by atoms with E-state index in [0.29, 0.717) is 22.3 Å². The van der Waals surface area contributed by atoms with Crippen LogP contribution in [0.3, 0.4) is 0 Å². The molecule has 3 N–H and O–H groups in total. The van der Waals surface area contributed by atoms with Crippen LogP contribution < -0.4 is 11.1 Å². The van der Waals surface area contributed by atoms with Crippen molar-refractivity contribution in [2.45, 2.75) is 19.3 Å². The minimum Gasteiger partial charge on any atom is -0.398 e. The number of hydrogen-bond acceptors (Lipinski definition) is 2. The van der Waals surface area contributed by atoms with Crippen LogP contribution in [0.25, 0.3) is 0 Å². The highest BCUT2D eigenvalue weighted by atomic mass is 79.9. The Morgan fingerprint density at radius 1 is 1.47 bits per heavy atom. The van der Waals surface area contributed by atoms with Crippen LogP contribution in [0, 0.1) is 12.3 Å². The van der Waals surface area contributed by atoms with Gasteiger partial charge in [0.2, 0.25) is 0 Å². The lowest BCUT2D eigenvalue weighted by Crippen LogP contribution is -2.24. The molecule has 3 nitrogen and oxygen atoms in total. The Hall–Kier alpha value is -1.47. The molecule has 0 radical (unpaired) electrons. The summed E-state index contributed by atoms with van der Waals surface area (Å²) in [6, 6.07) is 5.23. The number of amides is 1. The molecule has 0 heterocycles. The average Bonchev–Trinajstić information content (AvgIpc) is 2.32. The van der Waals surface area contributed by atoms with Crippen LogP contribution >= 0.6 is 15.9 Å². The largest absolute Gasteiger partial charge is 0.398 e. The van der Waals surface area contributed by atoms with Gasteiger partial charge in [0.25, 0.3) is 5.91 Å². The lowest BCUT2D eigenvalue weighted by molar-refractivity contribution is 0.0952. The van der Waals surface area contributed by atoms with Crippen molar-refractivity contribution < 1.29 is 4.79 Å². The molecular formula is C13H15BrN2O. The van der Waals surface area contributed by atoms with E-state index in [1.807, 2.05) is 0 Å². The van der Waals surface area contributed by atoms with E-state index in [4.69, 9.17) is 12.2 Å². The number of nitrogens with two attached hydrogens (primary N) is 1. The van der Waals surface area contributed by atoms with Crippen molar-refractivity contribution in [3.05, 3.63) is 28.2 Å². The van der Waals surface area contributed by atoms with Gasteiger partial charge in [0.05, 0.1) is 10.0 Å². The fourth-order valence-corrected chi connectivity index (χ4v) is 1.82. The van der Waals surface area contributed by atoms with Crippen molar-refractivity contribution in [1.29, 1.82) is 0 Å². The van der Waals surface area contributed by atoms with Gasteiger partial charge in [-0.3, -0.25) is 4.79 Å². The lowest BCUT2D eigenvalue weighted by atomic mass is 10.2. The molecule has 0 atom stereocenters. The maximum Gasteiger partial charge on any atom is 0.252 e. The van der Waals surface area contributed by atoms with Gasteiger partial charge in [0.15, 0.2) is 0 Å². The summed E-state index contributed by atoms with van der Waals surface area (Å²) in [6.45, 7) is 0.627. The fourth-order valence-electron chi connectivity index (χ4n) is 1.37. The summed E-state index contributed by atoms with van der Waals surface area (Å²) in [5.74, 6) is 2.45. The van der Waals surface area contributed by atoms with E-state index >= 15 is 0 Å². The lowest BCUT2D eigenvalue weighted by Gasteiger charge is -2.07. The first-order valence-electron chi connectivity index (χ1n) is 5.42. The molecule has 0 aliphatic rings. The second-order valence-corrected chi connectivity index (χ2v) is 4.42. The molecule has 0 fully saturated rings. The highest BCUT2D eigenvalue weighted by molar-refractivity contribution is 9.10. The summed E-state index contributed by atoms with van der Waals surface area (Å²) in [7, 11) is 0. The number of terminal acetylenes is 1. The topological polar surface area (TPSA) is 55.1 Å². The average molecular weight is 295 g/mol. The number of anilines is 1. The van der Waals surface area contributed by atoms with E-state index in [0.717, 1.165) is 19.3 Å². The summed E-state index contributed by atoms with van der Waals surface area (Å²) in [5.41, 5.74) is 6.82. The first kappa shape index (κ1) is 13.6. The monoisotopic (exact) mass is 294 g/mol. The molecule has 0 bridgehead atoms. The highest BCUT2D eigenvalue weighted by Crippen LogP contribution is 2.23. The highest BCUT2D eigenvalue weighted by Gasteiger charge is 2.10. The molecule has 1 aromatic carbocycles. The van der Waals surface area contributed by atoms with Gasteiger partial charge in [-0.2, -0.15) is 0 Å². The summed E-state index contributed by atoms with van der Waals surface area (Å²) >= 11 is 3.30. The minimum absolute atomic E-state index is 0.120. The van der Waals surface area contributed by atoms with Crippen molar-refractivity contribution in [2.75, 3.05) is 12.3 Å². The number of nitrogen functional groups attached to an aromatic ring is 1. The Morgan fingerprint density at radius 3 is 2.94 bits per heavy atom. The number of carbonyl (C=O) groups excluding carboxylic acids is 1. The number of halogens is 1. The van der Waals surface area contributed by atoms with E-state index in [-0.39, 0.29) is 5.91 Å². The number of hydrogen-bond donors (Lipinski definition) is 2. The van der Waals surface area contributed by atoms with Crippen LogP contribution in [0.1, 0.15) is 29.6 Å². The summed E-state index contributed by atoms with van der Waals surface area (Å²) in [5, 5.41) is 2.83. The third-order valence-electron chi connectivity index (χ3n) is 2.31. The number of benzene rings is 1. The van der Waals surface area contributed by atoms with Gasteiger partial charge >= 0.3 is 0 Å². The molecule has 1 amide bonds. The normalized spacial score (nSPS) is 9.65. The standard InChI is InChI=1S/C13H15BrN2O/c1-2-3-4-5-9-16-13(17)10-7-6-8-11(15)12(10)14/h1,6-8H,3-5,9,15H2,(H,16,17). The Bertz CT molecular complexity index is 438. The second-order valence-electron chi connectivity index (χ2n) is 3.63.